The van der Waals surface area contributed by atoms with E-state index in [1.165, 1.54) is 49.7 Å². The molecule has 0 radical (unpaired) electrons. The molecule has 1 aromatic heterocycles. The number of sulfonamides is 1. The van der Waals surface area contributed by atoms with E-state index in [9.17, 15) is 13.2 Å². The van der Waals surface area contributed by atoms with Crippen molar-refractivity contribution < 1.29 is 22.7 Å². The lowest BCUT2D eigenvalue weighted by molar-refractivity contribution is 0.0468. The van der Waals surface area contributed by atoms with E-state index >= 15 is 0 Å². The maximum absolute atomic E-state index is 12.3. The highest BCUT2D eigenvalue weighted by Gasteiger charge is 2.19. The summed E-state index contributed by atoms with van der Waals surface area (Å²) in [6.07, 6.45) is 0. The van der Waals surface area contributed by atoms with Gasteiger partial charge < -0.3 is 9.47 Å². The summed E-state index contributed by atoms with van der Waals surface area (Å²) >= 11 is 7.23. The molecule has 0 aliphatic rings. The Bertz CT molecular complexity index is 1130. The Kier molecular flexibility index (Phi) is 7.09. The van der Waals surface area contributed by atoms with E-state index in [0.717, 1.165) is 9.31 Å². The number of hydrogen-bond acceptors (Lipinski definition) is 7. The highest BCUT2D eigenvalue weighted by molar-refractivity contribution is 7.89. The number of aromatic nitrogens is 1. The van der Waals surface area contributed by atoms with Crippen LogP contribution in [0, 0.1) is 0 Å². The summed E-state index contributed by atoms with van der Waals surface area (Å²) in [5, 5.41) is 3.14. The van der Waals surface area contributed by atoms with Crippen molar-refractivity contribution in [1.82, 2.24) is 9.29 Å². The molecule has 0 bridgehead atoms. The van der Waals surface area contributed by atoms with E-state index in [1.54, 1.807) is 29.6 Å². The quantitative estimate of drug-likeness (QED) is 0.467. The van der Waals surface area contributed by atoms with Gasteiger partial charge >= 0.3 is 5.97 Å². The topological polar surface area (TPSA) is 85.8 Å². The van der Waals surface area contributed by atoms with Crippen LogP contribution in [0.3, 0.4) is 0 Å². The highest BCUT2D eigenvalue weighted by atomic mass is 35.5. The number of halogens is 1. The summed E-state index contributed by atoms with van der Waals surface area (Å²) in [6, 6.07) is 12.7. The van der Waals surface area contributed by atoms with E-state index in [2.05, 4.69) is 4.98 Å². The first-order valence-electron chi connectivity index (χ1n) is 8.77. The molecule has 3 aromatic rings. The molecule has 10 heteroatoms. The van der Waals surface area contributed by atoms with E-state index in [4.69, 9.17) is 21.1 Å². The normalized spacial score (nSPS) is 11.5. The first kappa shape index (κ1) is 22.2. The van der Waals surface area contributed by atoms with E-state index in [-0.39, 0.29) is 23.7 Å². The average Bonchev–Trinajstić information content (AvgIpc) is 3.19. The van der Waals surface area contributed by atoms with Gasteiger partial charge in [0.2, 0.25) is 10.0 Å². The number of carbonyl (C=O) groups excluding carboxylic acids is 1. The Labute approximate surface area is 183 Å². The van der Waals surface area contributed by atoms with Crippen LogP contribution in [-0.4, -0.2) is 37.8 Å². The van der Waals surface area contributed by atoms with Gasteiger partial charge in [0.1, 0.15) is 24.0 Å². The standard InChI is InChI=1S/C20H19ClN2O5S2/c1-23(2)30(25,26)18-5-3-4-14(10-18)20(24)28-11-16-13-29-19(22-16)12-27-17-8-6-15(21)7-9-17/h3-10,13H,11-12H2,1-2H3. The Hall–Kier alpha value is -2.46. The van der Waals surface area contributed by atoms with Crippen molar-refractivity contribution in [3.05, 3.63) is 75.2 Å². The van der Waals surface area contributed by atoms with Crippen LogP contribution in [0.4, 0.5) is 0 Å². The number of rotatable bonds is 8. The third kappa shape index (κ3) is 5.57. The van der Waals surface area contributed by atoms with Crippen LogP contribution >= 0.6 is 22.9 Å². The van der Waals surface area contributed by atoms with Gasteiger partial charge in [-0.25, -0.2) is 22.5 Å². The highest BCUT2D eigenvalue weighted by Crippen LogP contribution is 2.19. The number of benzene rings is 2. The molecule has 0 saturated carbocycles. The third-order valence-electron chi connectivity index (χ3n) is 3.97. The van der Waals surface area contributed by atoms with Gasteiger partial charge in [-0.05, 0) is 42.5 Å². The monoisotopic (exact) mass is 466 g/mol. The maximum atomic E-state index is 12.3. The number of esters is 1. The molecule has 3 rings (SSSR count). The fourth-order valence-corrected chi connectivity index (χ4v) is 4.14. The zero-order valence-corrected chi connectivity index (χ0v) is 18.6. The minimum Gasteiger partial charge on any atom is -0.486 e. The van der Waals surface area contributed by atoms with Crippen LogP contribution in [0.15, 0.2) is 58.8 Å². The van der Waals surface area contributed by atoms with Gasteiger partial charge in [-0.3, -0.25) is 0 Å². The molecule has 0 aliphatic heterocycles. The zero-order valence-electron chi connectivity index (χ0n) is 16.2. The third-order valence-corrected chi connectivity index (χ3v) is 6.91. The van der Waals surface area contributed by atoms with Crippen molar-refractivity contribution >= 4 is 38.9 Å². The smallest absolute Gasteiger partial charge is 0.338 e. The zero-order chi connectivity index (χ0) is 21.7. The molecule has 0 unspecified atom stereocenters. The predicted octanol–water partition coefficient (Wildman–Crippen LogP) is 3.98. The summed E-state index contributed by atoms with van der Waals surface area (Å²) < 4.78 is 36.4. The van der Waals surface area contributed by atoms with Crippen molar-refractivity contribution in [3.8, 4) is 5.75 Å². The second-order valence-corrected chi connectivity index (χ2v) is 9.90. The number of thiazole rings is 1. The molecule has 0 fully saturated rings. The van der Waals surface area contributed by atoms with Gasteiger partial charge in [-0.1, -0.05) is 17.7 Å². The maximum Gasteiger partial charge on any atom is 0.338 e. The van der Waals surface area contributed by atoms with Gasteiger partial charge in [0, 0.05) is 24.5 Å². The first-order valence-corrected chi connectivity index (χ1v) is 11.5. The van der Waals surface area contributed by atoms with E-state index < -0.39 is 16.0 Å². The van der Waals surface area contributed by atoms with E-state index in [1.807, 2.05) is 0 Å². The first-order chi connectivity index (χ1) is 14.3. The molecule has 0 aliphatic carbocycles. The van der Waals surface area contributed by atoms with Crippen LogP contribution < -0.4 is 4.74 Å². The summed E-state index contributed by atoms with van der Waals surface area (Å²) in [5.74, 6) is 0.0490. The van der Waals surface area contributed by atoms with Crippen LogP contribution in [-0.2, 0) is 28.0 Å². The fraction of sp³-hybridized carbons (Fsp3) is 0.200. The largest absolute Gasteiger partial charge is 0.486 e. The Morgan fingerprint density at radius 2 is 1.87 bits per heavy atom. The molecule has 30 heavy (non-hydrogen) atoms. The summed E-state index contributed by atoms with van der Waals surface area (Å²) in [6.45, 7) is 0.256. The van der Waals surface area contributed by atoms with Crippen molar-refractivity contribution in [3.63, 3.8) is 0 Å². The van der Waals surface area contributed by atoms with Crippen LogP contribution in [0.2, 0.25) is 5.02 Å². The van der Waals surface area contributed by atoms with Gasteiger partial charge in [0.15, 0.2) is 0 Å². The van der Waals surface area contributed by atoms with Crippen LogP contribution in [0.5, 0.6) is 5.75 Å². The molecule has 0 saturated heterocycles. The van der Waals surface area contributed by atoms with Gasteiger partial charge in [0.25, 0.3) is 0 Å². The van der Waals surface area contributed by atoms with Gasteiger partial charge in [-0.15, -0.1) is 11.3 Å². The summed E-state index contributed by atoms with van der Waals surface area (Å²) in [7, 11) is -0.780. The molecule has 2 aromatic carbocycles. The van der Waals surface area contributed by atoms with Crippen molar-refractivity contribution in [2.24, 2.45) is 0 Å². The summed E-state index contributed by atoms with van der Waals surface area (Å²) in [4.78, 5) is 16.7. The lowest BCUT2D eigenvalue weighted by Gasteiger charge is -2.12. The lowest BCUT2D eigenvalue weighted by atomic mass is 10.2. The Morgan fingerprint density at radius 1 is 1.13 bits per heavy atom. The predicted molar refractivity (Wildman–Crippen MR) is 114 cm³/mol. The molecule has 158 valence electrons. The number of carbonyl (C=O) groups is 1. The van der Waals surface area contributed by atoms with Crippen molar-refractivity contribution in [1.29, 1.82) is 0 Å². The SMILES string of the molecule is CN(C)S(=O)(=O)c1cccc(C(=O)OCc2csc(COc3ccc(Cl)cc3)n2)c1. The van der Waals surface area contributed by atoms with Crippen molar-refractivity contribution in [2.45, 2.75) is 18.1 Å². The Morgan fingerprint density at radius 3 is 2.57 bits per heavy atom. The second kappa shape index (κ2) is 9.57. The average molecular weight is 467 g/mol. The lowest BCUT2D eigenvalue weighted by Crippen LogP contribution is -2.22. The van der Waals surface area contributed by atoms with Gasteiger partial charge in [0.05, 0.1) is 16.2 Å². The fourth-order valence-electron chi connectivity index (χ4n) is 2.37. The molecule has 0 N–H and O–H groups in total. The summed E-state index contributed by atoms with van der Waals surface area (Å²) in [5.41, 5.74) is 0.736. The molecule has 0 spiro atoms. The number of ether oxygens (including phenoxy) is 2. The Balaban J connectivity index is 1.57. The van der Waals surface area contributed by atoms with Crippen LogP contribution in [0.1, 0.15) is 21.1 Å². The molecule has 1 heterocycles. The minimum atomic E-state index is -3.63. The molecule has 7 nitrogen and oxygen atoms in total. The minimum absolute atomic E-state index is 0.0252. The molecular weight excluding hydrogens is 448 g/mol. The second-order valence-electron chi connectivity index (χ2n) is 6.37. The number of nitrogens with zero attached hydrogens (tertiary/aromatic N) is 2. The van der Waals surface area contributed by atoms with E-state index in [0.29, 0.717) is 16.5 Å². The molecular formula is C20H19ClN2O5S2. The molecule has 0 amide bonds. The van der Waals surface area contributed by atoms with Gasteiger partial charge in [-0.2, -0.15) is 0 Å². The molecule has 0 atom stereocenters. The van der Waals surface area contributed by atoms with Crippen molar-refractivity contribution in [2.75, 3.05) is 14.1 Å². The van der Waals surface area contributed by atoms with Crippen LogP contribution in [0.25, 0.3) is 0 Å². The number of hydrogen-bond donors (Lipinski definition) is 0.